The summed E-state index contributed by atoms with van der Waals surface area (Å²) in [5.41, 5.74) is 3.38. The van der Waals surface area contributed by atoms with Crippen LogP contribution in [-0.2, 0) is 11.3 Å². The van der Waals surface area contributed by atoms with Gasteiger partial charge in [0.05, 0.1) is 0 Å². The van der Waals surface area contributed by atoms with E-state index < -0.39 is 0 Å². The van der Waals surface area contributed by atoms with Gasteiger partial charge in [0.25, 0.3) is 0 Å². The third-order valence-electron chi connectivity index (χ3n) is 10.6. The van der Waals surface area contributed by atoms with Crippen LogP contribution in [-0.4, -0.2) is 108 Å². The first-order valence-corrected chi connectivity index (χ1v) is 19.7. The summed E-state index contributed by atoms with van der Waals surface area (Å²) in [6.45, 7) is 40.1. The third kappa shape index (κ3) is 12.9. The molecule has 3 heterocycles. The fourth-order valence-corrected chi connectivity index (χ4v) is 8.55. The van der Waals surface area contributed by atoms with Crippen molar-refractivity contribution in [3.8, 4) is 0 Å². The van der Waals surface area contributed by atoms with Crippen LogP contribution in [0.15, 0.2) is 24.3 Å². The highest BCUT2D eigenvalue weighted by atomic mass is 16.2. The quantitative estimate of drug-likeness (QED) is 0.277. The summed E-state index contributed by atoms with van der Waals surface area (Å²) in [5, 5.41) is 7.41. The second kappa shape index (κ2) is 16.0. The Hall–Kier alpha value is -1.51. The minimum Gasteiger partial charge on any atom is -0.342 e. The normalized spacial score (nSPS) is 26.3. The number of carbonyl (C=O) groups is 1. The van der Waals surface area contributed by atoms with Gasteiger partial charge in [-0.2, -0.15) is 0 Å². The van der Waals surface area contributed by atoms with E-state index >= 15 is 0 Å². The van der Waals surface area contributed by atoms with Gasteiger partial charge in [0.2, 0.25) is 5.91 Å². The molecule has 49 heavy (non-hydrogen) atoms. The summed E-state index contributed by atoms with van der Waals surface area (Å²) >= 11 is 0. The van der Waals surface area contributed by atoms with Crippen LogP contribution < -0.4 is 10.6 Å². The lowest BCUT2D eigenvalue weighted by Crippen LogP contribution is -2.64. The van der Waals surface area contributed by atoms with Gasteiger partial charge in [0.15, 0.2) is 0 Å². The molecule has 3 aliphatic rings. The van der Waals surface area contributed by atoms with Crippen LogP contribution in [0.4, 0.5) is 0 Å². The molecule has 5 unspecified atom stereocenters. The standard InChI is InChI=1S/C42H76N6O/c1-31(44-42(11,12)13)34-16-14-32(15-17-34)26-46-23-22-45(29-39(2,3)4)28-37(46)36-24-35(19-21-48(36)30-40(5,6)7)38(49)47-20-18-33(27-47)25-43-41(8,9)10/h14-17,31,33,35-37,43-44H,18-30H2,1-13H3. The van der Waals surface area contributed by atoms with E-state index in [-0.39, 0.29) is 27.8 Å². The molecule has 0 spiro atoms. The smallest absolute Gasteiger partial charge is 0.225 e. The topological polar surface area (TPSA) is 54.1 Å². The van der Waals surface area contributed by atoms with Gasteiger partial charge in [-0.25, -0.2) is 0 Å². The largest absolute Gasteiger partial charge is 0.342 e. The van der Waals surface area contributed by atoms with Gasteiger partial charge < -0.3 is 15.5 Å². The molecule has 0 bridgehead atoms. The molecule has 3 aliphatic heterocycles. The molecule has 0 aliphatic carbocycles. The molecular weight excluding hydrogens is 605 g/mol. The zero-order valence-corrected chi connectivity index (χ0v) is 34.1. The Morgan fingerprint density at radius 3 is 2.00 bits per heavy atom. The summed E-state index contributed by atoms with van der Waals surface area (Å²) in [5.74, 6) is 1.09. The van der Waals surface area contributed by atoms with Gasteiger partial charge in [0.1, 0.15) is 0 Å². The van der Waals surface area contributed by atoms with Crippen LogP contribution in [0.2, 0.25) is 0 Å². The van der Waals surface area contributed by atoms with Crippen molar-refractivity contribution in [2.45, 2.75) is 145 Å². The van der Waals surface area contributed by atoms with Crippen molar-refractivity contribution in [3.63, 3.8) is 0 Å². The maximum atomic E-state index is 14.2. The lowest BCUT2D eigenvalue weighted by Gasteiger charge is -2.52. The van der Waals surface area contributed by atoms with E-state index in [9.17, 15) is 4.79 Å². The highest BCUT2D eigenvalue weighted by Crippen LogP contribution is 2.35. The number of likely N-dealkylation sites (tertiary alicyclic amines) is 2. The highest BCUT2D eigenvalue weighted by Gasteiger charge is 2.44. The average molecular weight is 681 g/mol. The van der Waals surface area contributed by atoms with E-state index in [1.807, 2.05) is 0 Å². The molecule has 0 aromatic heterocycles. The minimum atomic E-state index is 0.0795. The van der Waals surface area contributed by atoms with Gasteiger partial charge in [-0.15, -0.1) is 0 Å². The Morgan fingerprint density at radius 2 is 1.41 bits per heavy atom. The van der Waals surface area contributed by atoms with E-state index in [0.29, 0.717) is 30.0 Å². The number of carbonyl (C=O) groups excluding carboxylic acids is 1. The van der Waals surface area contributed by atoms with E-state index in [2.05, 4.69) is 145 Å². The first kappa shape index (κ1) is 40.3. The average Bonchev–Trinajstić information content (AvgIpc) is 3.44. The Labute approximate surface area is 302 Å². The SMILES string of the molecule is CC(NC(C)(C)C)c1ccc(CN2CCN(CC(C)(C)C)CC2C2CC(C(=O)N3CCC(CNC(C)(C)C)C3)CCN2CC(C)(C)C)cc1. The van der Waals surface area contributed by atoms with Crippen LogP contribution in [0, 0.1) is 22.7 Å². The number of benzene rings is 1. The maximum absolute atomic E-state index is 14.2. The van der Waals surface area contributed by atoms with E-state index in [1.54, 1.807) is 0 Å². The summed E-state index contributed by atoms with van der Waals surface area (Å²) in [7, 11) is 0. The summed E-state index contributed by atoms with van der Waals surface area (Å²) in [6.07, 6.45) is 3.06. The molecule has 0 radical (unpaired) electrons. The lowest BCUT2D eigenvalue weighted by molar-refractivity contribution is -0.138. The minimum absolute atomic E-state index is 0.0795. The third-order valence-corrected chi connectivity index (χ3v) is 10.6. The van der Waals surface area contributed by atoms with Crippen molar-refractivity contribution in [2.75, 3.05) is 58.9 Å². The Morgan fingerprint density at radius 1 is 0.755 bits per heavy atom. The van der Waals surface area contributed by atoms with Gasteiger partial charge in [0, 0.05) is 94.0 Å². The molecule has 3 fully saturated rings. The summed E-state index contributed by atoms with van der Waals surface area (Å²) in [4.78, 5) is 24.7. The van der Waals surface area contributed by atoms with Gasteiger partial charge >= 0.3 is 0 Å². The van der Waals surface area contributed by atoms with Crippen molar-refractivity contribution in [1.82, 2.24) is 30.2 Å². The molecule has 1 aromatic rings. The second-order valence-corrected chi connectivity index (χ2v) is 20.6. The summed E-state index contributed by atoms with van der Waals surface area (Å²) < 4.78 is 0. The van der Waals surface area contributed by atoms with Gasteiger partial charge in [-0.05, 0) is 102 Å². The maximum Gasteiger partial charge on any atom is 0.225 e. The van der Waals surface area contributed by atoms with E-state index in [1.165, 1.54) is 11.1 Å². The van der Waals surface area contributed by atoms with Crippen molar-refractivity contribution < 1.29 is 4.79 Å². The number of piperazine rings is 1. The van der Waals surface area contributed by atoms with Crippen LogP contribution in [0.1, 0.15) is 126 Å². The predicted octanol–water partition coefficient (Wildman–Crippen LogP) is 7.03. The molecule has 0 saturated carbocycles. The van der Waals surface area contributed by atoms with E-state index in [0.717, 1.165) is 84.7 Å². The van der Waals surface area contributed by atoms with Crippen molar-refractivity contribution in [2.24, 2.45) is 22.7 Å². The fourth-order valence-electron chi connectivity index (χ4n) is 8.55. The van der Waals surface area contributed by atoms with Crippen LogP contribution in [0.3, 0.4) is 0 Å². The predicted molar refractivity (Wildman–Crippen MR) is 208 cm³/mol. The molecule has 1 aromatic carbocycles. The first-order chi connectivity index (χ1) is 22.6. The molecule has 4 rings (SSSR count). The zero-order chi connectivity index (χ0) is 36.4. The molecule has 3 saturated heterocycles. The van der Waals surface area contributed by atoms with Crippen LogP contribution in [0.5, 0.6) is 0 Å². The Balaban J connectivity index is 1.55. The Bertz CT molecular complexity index is 1190. The lowest BCUT2D eigenvalue weighted by atomic mass is 9.82. The van der Waals surface area contributed by atoms with Gasteiger partial charge in [-0.3, -0.25) is 19.5 Å². The van der Waals surface area contributed by atoms with Crippen molar-refractivity contribution >= 4 is 5.91 Å². The number of rotatable bonds is 10. The fraction of sp³-hybridized carbons (Fsp3) is 0.833. The number of nitrogens with zero attached hydrogens (tertiary/aromatic N) is 4. The molecule has 7 nitrogen and oxygen atoms in total. The van der Waals surface area contributed by atoms with Crippen LogP contribution in [0.25, 0.3) is 0 Å². The number of piperidine rings is 1. The molecule has 2 N–H and O–H groups in total. The number of nitrogens with one attached hydrogen (secondary N) is 2. The van der Waals surface area contributed by atoms with Crippen LogP contribution >= 0.6 is 0 Å². The Kier molecular flexibility index (Phi) is 13.2. The molecule has 5 atom stereocenters. The molecular formula is C42H76N6O. The molecule has 1 amide bonds. The number of hydrogen-bond acceptors (Lipinski definition) is 6. The number of hydrogen-bond donors (Lipinski definition) is 2. The monoisotopic (exact) mass is 681 g/mol. The zero-order valence-electron chi connectivity index (χ0n) is 34.1. The molecule has 280 valence electrons. The van der Waals surface area contributed by atoms with E-state index in [4.69, 9.17) is 0 Å². The number of amides is 1. The second-order valence-electron chi connectivity index (χ2n) is 20.6. The van der Waals surface area contributed by atoms with Crippen molar-refractivity contribution in [3.05, 3.63) is 35.4 Å². The summed E-state index contributed by atoms with van der Waals surface area (Å²) in [6, 6.07) is 10.4. The first-order valence-electron chi connectivity index (χ1n) is 19.7. The van der Waals surface area contributed by atoms with Crippen molar-refractivity contribution in [1.29, 1.82) is 0 Å². The molecule has 7 heteroatoms. The highest BCUT2D eigenvalue weighted by molar-refractivity contribution is 5.79. The van der Waals surface area contributed by atoms with Gasteiger partial charge in [-0.1, -0.05) is 65.8 Å².